The van der Waals surface area contributed by atoms with Gasteiger partial charge in [-0.2, -0.15) is 0 Å². The van der Waals surface area contributed by atoms with Crippen molar-refractivity contribution in [2.75, 3.05) is 13.1 Å². The van der Waals surface area contributed by atoms with Crippen LogP contribution in [0.15, 0.2) is 54.7 Å². The van der Waals surface area contributed by atoms with Gasteiger partial charge in [-0.15, -0.1) is 0 Å². The molecule has 1 saturated heterocycles. The van der Waals surface area contributed by atoms with Crippen LogP contribution in [-0.4, -0.2) is 63.3 Å². The Morgan fingerprint density at radius 3 is 2.29 bits per heavy atom. The van der Waals surface area contributed by atoms with Gasteiger partial charge >= 0.3 is 18.0 Å². The van der Waals surface area contributed by atoms with Crippen LogP contribution in [0.4, 0.5) is 4.79 Å². The summed E-state index contributed by atoms with van der Waals surface area (Å²) < 4.78 is 11.1. The quantitative estimate of drug-likeness (QED) is 0.483. The molecule has 1 fully saturated rings. The molecule has 10 nitrogen and oxygen atoms in total. The molecule has 35 heavy (non-hydrogen) atoms. The van der Waals surface area contributed by atoms with Crippen LogP contribution < -0.4 is 10.1 Å². The van der Waals surface area contributed by atoms with E-state index in [9.17, 15) is 14.4 Å². The zero-order valence-corrected chi connectivity index (χ0v) is 20.1. The molecule has 11 heteroatoms. The second-order valence-electron chi connectivity index (χ2n) is 7.73. The molecule has 0 bridgehead atoms. The van der Waals surface area contributed by atoms with Crippen LogP contribution in [-0.2, 0) is 27.5 Å². The number of aromatic nitrogens is 1. The smallest absolute Gasteiger partial charge is 0.410 e. The van der Waals surface area contributed by atoms with Gasteiger partial charge in [-0.25, -0.2) is 14.4 Å². The second-order valence-corrected chi connectivity index (χ2v) is 8.17. The number of halogens is 1. The molecule has 3 N–H and O–H groups in total. The van der Waals surface area contributed by atoms with Crippen molar-refractivity contribution in [2.24, 2.45) is 0 Å². The van der Waals surface area contributed by atoms with Crippen LogP contribution in [0.2, 0.25) is 5.02 Å². The summed E-state index contributed by atoms with van der Waals surface area (Å²) in [5.41, 5.74) is 1.66. The first-order chi connectivity index (χ1) is 16.7. The molecule has 1 aliphatic heterocycles. The molecular weight excluding hydrogens is 478 g/mol. The monoisotopic (exact) mass is 505 g/mol. The van der Waals surface area contributed by atoms with Crippen LogP contribution in [0.3, 0.4) is 0 Å². The fourth-order valence-corrected chi connectivity index (χ4v) is 3.43. The second kappa shape index (κ2) is 13.9. The van der Waals surface area contributed by atoms with Crippen molar-refractivity contribution in [1.82, 2.24) is 15.2 Å². The van der Waals surface area contributed by atoms with E-state index < -0.39 is 11.9 Å². The van der Waals surface area contributed by atoms with E-state index in [1.807, 2.05) is 44.2 Å². The molecule has 3 rings (SSSR count). The van der Waals surface area contributed by atoms with E-state index in [-0.39, 0.29) is 24.8 Å². The molecule has 0 saturated carbocycles. The van der Waals surface area contributed by atoms with Crippen molar-refractivity contribution in [3.63, 3.8) is 0 Å². The lowest BCUT2D eigenvalue weighted by atomic mass is 10.1. The molecule has 0 radical (unpaired) electrons. The van der Waals surface area contributed by atoms with Crippen molar-refractivity contribution < 1.29 is 34.1 Å². The fraction of sp³-hybridized carbons (Fsp3) is 0.333. The first-order valence-electron chi connectivity index (χ1n) is 10.8. The van der Waals surface area contributed by atoms with Gasteiger partial charge in [-0.1, -0.05) is 23.7 Å². The molecule has 1 aromatic carbocycles. The zero-order chi connectivity index (χ0) is 25.8. The van der Waals surface area contributed by atoms with Gasteiger partial charge in [-0.3, -0.25) is 4.98 Å². The van der Waals surface area contributed by atoms with Crippen molar-refractivity contribution in [1.29, 1.82) is 0 Å². The molecule has 2 heterocycles. The number of ether oxygens (including phenoxy) is 2. The standard InChI is InChI=1S/C20H24ClN3O3.C4H4O4/c1-14-9-22-10-15(2)24(14)20(25)27-13-18-6-7-19(11-23-18)26-12-16-4-3-5-17(21)8-16;5-3(6)1-2-4(7)8/h3-8,11,14-15,22H,9-10,12-13H2,1-2H3;1-2H,(H,5,6)(H,7,8). The summed E-state index contributed by atoms with van der Waals surface area (Å²) in [6, 6.07) is 11.4. The number of nitrogens with one attached hydrogen (secondary N) is 1. The average molecular weight is 506 g/mol. The van der Waals surface area contributed by atoms with Gasteiger partial charge in [0.15, 0.2) is 0 Å². The normalized spacial score (nSPS) is 17.3. The summed E-state index contributed by atoms with van der Waals surface area (Å²) >= 11 is 5.97. The maximum Gasteiger partial charge on any atom is 0.410 e. The third kappa shape index (κ3) is 10.0. The number of aliphatic carboxylic acids is 2. The number of carboxylic acids is 2. The van der Waals surface area contributed by atoms with Gasteiger partial charge in [0, 0.05) is 42.3 Å². The number of carboxylic acid groups (broad SMARTS) is 2. The Hall–Kier alpha value is -3.63. The number of benzene rings is 1. The van der Waals surface area contributed by atoms with Crippen LogP contribution in [0.5, 0.6) is 5.75 Å². The third-order valence-corrected chi connectivity index (χ3v) is 5.08. The van der Waals surface area contributed by atoms with Gasteiger partial charge < -0.3 is 29.9 Å². The Balaban J connectivity index is 0.000000466. The number of rotatable bonds is 7. The van der Waals surface area contributed by atoms with Gasteiger partial charge in [-0.05, 0) is 43.7 Å². The summed E-state index contributed by atoms with van der Waals surface area (Å²) in [4.78, 5) is 37.5. The van der Waals surface area contributed by atoms with Crippen molar-refractivity contribution >= 4 is 29.6 Å². The van der Waals surface area contributed by atoms with Gasteiger partial charge in [0.2, 0.25) is 0 Å². The Kier molecular flexibility index (Phi) is 11.0. The molecule has 2 unspecified atom stereocenters. The number of hydrogen-bond donors (Lipinski definition) is 3. The predicted octanol–water partition coefficient (Wildman–Crippen LogP) is 3.34. The van der Waals surface area contributed by atoms with Crippen molar-refractivity contribution in [3.8, 4) is 5.75 Å². The maximum absolute atomic E-state index is 12.4. The van der Waals surface area contributed by atoms with Gasteiger partial charge in [0.05, 0.1) is 11.9 Å². The lowest BCUT2D eigenvalue weighted by molar-refractivity contribution is -0.134. The molecule has 0 spiro atoms. The lowest BCUT2D eigenvalue weighted by Crippen LogP contribution is -2.57. The molecule has 2 aromatic rings. The van der Waals surface area contributed by atoms with Crippen LogP contribution in [0.1, 0.15) is 25.1 Å². The molecular formula is C24H28ClN3O7. The van der Waals surface area contributed by atoms with Crippen LogP contribution in [0, 0.1) is 0 Å². The number of pyridine rings is 1. The van der Waals surface area contributed by atoms with Gasteiger partial charge in [0.1, 0.15) is 19.0 Å². The Morgan fingerprint density at radius 1 is 1.09 bits per heavy atom. The Labute approximate surface area is 208 Å². The summed E-state index contributed by atoms with van der Waals surface area (Å²) in [7, 11) is 0. The number of hydrogen-bond acceptors (Lipinski definition) is 7. The first kappa shape index (κ1) is 27.6. The largest absolute Gasteiger partial charge is 0.487 e. The minimum atomic E-state index is -1.26. The highest BCUT2D eigenvalue weighted by molar-refractivity contribution is 6.30. The lowest BCUT2D eigenvalue weighted by Gasteiger charge is -2.38. The summed E-state index contributed by atoms with van der Waals surface area (Å²) in [6.07, 6.45) is 2.44. The van der Waals surface area contributed by atoms with Crippen molar-refractivity contribution in [2.45, 2.75) is 39.1 Å². The van der Waals surface area contributed by atoms with Crippen LogP contribution >= 0.6 is 11.6 Å². The number of carbonyl (C=O) groups excluding carboxylic acids is 1. The van der Waals surface area contributed by atoms with E-state index in [2.05, 4.69) is 10.3 Å². The first-order valence-corrected chi connectivity index (χ1v) is 11.2. The minimum absolute atomic E-state index is 0.108. The van der Waals surface area contributed by atoms with E-state index in [4.69, 9.17) is 31.3 Å². The molecule has 188 valence electrons. The highest BCUT2D eigenvalue weighted by atomic mass is 35.5. The summed E-state index contributed by atoms with van der Waals surface area (Å²) in [5, 5.41) is 19.6. The molecule has 1 aromatic heterocycles. The van der Waals surface area contributed by atoms with Crippen molar-refractivity contribution in [3.05, 3.63) is 71.0 Å². The number of amides is 1. The molecule has 2 atom stereocenters. The number of piperazine rings is 1. The van der Waals surface area contributed by atoms with Crippen LogP contribution in [0.25, 0.3) is 0 Å². The minimum Gasteiger partial charge on any atom is -0.487 e. The number of carbonyl (C=O) groups is 3. The highest BCUT2D eigenvalue weighted by Gasteiger charge is 2.29. The topological polar surface area (TPSA) is 138 Å². The average Bonchev–Trinajstić information content (AvgIpc) is 2.81. The van der Waals surface area contributed by atoms with E-state index >= 15 is 0 Å². The summed E-state index contributed by atoms with van der Waals surface area (Å²) in [6.45, 7) is 6.11. The predicted molar refractivity (Wildman–Crippen MR) is 128 cm³/mol. The fourth-order valence-electron chi connectivity index (χ4n) is 3.22. The summed E-state index contributed by atoms with van der Waals surface area (Å²) in [5.74, 6) is -1.87. The number of nitrogens with zero attached hydrogens (tertiary/aromatic N) is 2. The third-order valence-electron chi connectivity index (χ3n) is 4.84. The molecule has 1 amide bonds. The molecule has 1 aliphatic rings. The zero-order valence-electron chi connectivity index (χ0n) is 19.4. The van der Waals surface area contributed by atoms with E-state index in [0.29, 0.717) is 35.2 Å². The van der Waals surface area contributed by atoms with E-state index in [1.54, 1.807) is 17.2 Å². The van der Waals surface area contributed by atoms with E-state index in [1.165, 1.54) is 0 Å². The van der Waals surface area contributed by atoms with E-state index in [0.717, 1.165) is 18.7 Å². The molecule has 0 aliphatic carbocycles. The van der Waals surface area contributed by atoms with Gasteiger partial charge in [0.25, 0.3) is 0 Å². The highest BCUT2D eigenvalue weighted by Crippen LogP contribution is 2.16. The Morgan fingerprint density at radius 2 is 1.74 bits per heavy atom. The maximum atomic E-state index is 12.4. The SMILES string of the molecule is CC1CNCC(C)N1C(=O)OCc1ccc(OCc2cccc(Cl)c2)cn1.O=C(O)C=CC(=O)O. The Bertz CT molecular complexity index is 1000.